The summed E-state index contributed by atoms with van der Waals surface area (Å²) in [6.45, 7) is 2.24. The third-order valence-corrected chi connectivity index (χ3v) is 8.78. The lowest BCUT2D eigenvalue weighted by atomic mass is 9.97. The van der Waals surface area contributed by atoms with Crippen LogP contribution in [0, 0.1) is 5.82 Å². The number of amides is 3. The molecule has 1 unspecified atom stereocenters. The summed E-state index contributed by atoms with van der Waals surface area (Å²) < 4.78 is 13.5. The third-order valence-electron chi connectivity index (χ3n) is 8.78. The number of carbonyl (C=O) groups is 3. The van der Waals surface area contributed by atoms with Gasteiger partial charge in [-0.3, -0.25) is 14.4 Å². The number of nitrogens with one attached hydrogen (secondary N) is 4. The molecule has 1 aromatic heterocycles. The molecule has 274 valence electrons. The van der Waals surface area contributed by atoms with Crippen LogP contribution in [0.3, 0.4) is 0 Å². The van der Waals surface area contributed by atoms with Crippen molar-refractivity contribution in [1.82, 2.24) is 36.6 Å². The first-order valence-electron chi connectivity index (χ1n) is 17.7. The number of aliphatic hydroxyl groups is 1. The van der Waals surface area contributed by atoms with E-state index in [0.29, 0.717) is 19.4 Å². The summed E-state index contributed by atoms with van der Waals surface area (Å²) in [4.78, 5) is 40.1. The number of hydrogen-bond acceptors (Lipinski definition) is 9. The van der Waals surface area contributed by atoms with Crippen LogP contribution in [0.1, 0.15) is 106 Å². The molecule has 4 atom stereocenters. The second-order valence-corrected chi connectivity index (χ2v) is 12.7. The Hall–Kier alpha value is -4.27. The van der Waals surface area contributed by atoms with Crippen molar-refractivity contribution in [3.8, 4) is 0 Å². The van der Waals surface area contributed by atoms with Crippen LogP contribution in [0.25, 0.3) is 0 Å². The topological polar surface area (TPSA) is 214 Å². The van der Waals surface area contributed by atoms with Crippen molar-refractivity contribution in [2.75, 3.05) is 19.7 Å². The Balaban J connectivity index is 1.57. The lowest BCUT2D eigenvalue weighted by molar-refractivity contribution is -0.133. The van der Waals surface area contributed by atoms with Crippen molar-refractivity contribution in [1.29, 1.82) is 0 Å². The smallest absolute Gasteiger partial charge is 0.245 e. The number of nitrogens with two attached hydrogens (primary N) is 2. The Labute approximate surface area is 293 Å². The minimum atomic E-state index is -1.28. The van der Waals surface area contributed by atoms with E-state index in [-0.39, 0.29) is 18.7 Å². The molecular formula is C36H54FN9O4. The van der Waals surface area contributed by atoms with Crippen molar-refractivity contribution in [2.45, 2.75) is 108 Å². The zero-order valence-electron chi connectivity index (χ0n) is 29.1. The SMILES string of the molecule is CC(C(=O)N[C@@H](CO)C(=O)N[C@@H](CCCCN)C(=O)N[C@@H](Cc1ccc(F)cc1)c1nn[nH]n1)c1ccc(CCCCCCCCCN)cc1. The number of nitrogens with zero attached hydrogens (tertiary/aromatic N) is 3. The molecule has 3 rings (SSSR count). The van der Waals surface area contributed by atoms with Crippen LogP contribution in [0.2, 0.25) is 0 Å². The Morgan fingerprint density at radius 1 is 0.760 bits per heavy atom. The molecule has 0 aliphatic rings. The van der Waals surface area contributed by atoms with Crippen molar-refractivity contribution >= 4 is 17.7 Å². The fourth-order valence-electron chi connectivity index (χ4n) is 5.66. The van der Waals surface area contributed by atoms with Crippen LogP contribution in [-0.2, 0) is 27.2 Å². The Morgan fingerprint density at radius 2 is 1.34 bits per heavy atom. The monoisotopic (exact) mass is 695 g/mol. The number of aromatic amines is 1. The Kier molecular flexibility index (Phi) is 18.0. The van der Waals surface area contributed by atoms with Crippen molar-refractivity contribution in [3.05, 3.63) is 76.9 Å². The number of aryl methyl sites for hydroxylation is 1. The molecule has 0 radical (unpaired) electrons. The van der Waals surface area contributed by atoms with E-state index in [1.165, 1.54) is 49.8 Å². The predicted octanol–water partition coefficient (Wildman–Crippen LogP) is 2.87. The molecule has 1 heterocycles. The van der Waals surface area contributed by atoms with E-state index in [9.17, 15) is 23.9 Å². The molecule has 14 heteroatoms. The zero-order valence-corrected chi connectivity index (χ0v) is 29.1. The summed E-state index contributed by atoms with van der Waals surface area (Å²) in [5.74, 6) is -2.41. The molecule has 0 saturated carbocycles. The van der Waals surface area contributed by atoms with E-state index in [1.807, 2.05) is 24.3 Å². The number of benzene rings is 2. The van der Waals surface area contributed by atoms with Crippen LogP contribution < -0.4 is 27.4 Å². The minimum Gasteiger partial charge on any atom is -0.394 e. The Morgan fingerprint density at radius 3 is 1.96 bits per heavy atom. The second-order valence-electron chi connectivity index (χ2n) is 12.7. The van der Waals surface area contributed by atoms with E-state index in [1.54, 1.807) is 19.1 Å². The highest BCUT2D eigenvalue weighted by Gasteiger charge is 2.30. The van der Waals surface area contributed by atoms with Crippen molar-refractivity contribution in [3.63, 3.8) is 0 Å². The fraction of sp³-hybridized carbons (Fsp3) is 0.556. The molecule has 0 fully saturated rings. The highest BCUT2D eigenvalue weighted by molar-refractivity contribution is 5.93. The standard InChI is InChI=1S/C36H54FN9O4/c1-25(28-17-13-26(14-18-28)11-7-5-3-2-4-6-9-21-38)34(48)42-32(24-47)36(50)40-30(12-8-10-22-39)35(49)41-31(33-43-45-46-44-33)23-27-15-19-29(37)20-16-27/h13-20,25,30-32,47H,2-12,21-24,38-39H2,1H3,(H,40,50)(H,41,49)(H,42,48)(H,43,44,45,46)/t25?,30-,31-,32-/m0/s1. The van der Waals surface area contributed by atoms with E-state index in [2.05, 4.69) is 36.6 Å². The largest absolute Gasteiger partial charge is 0.394 e. The first-order chi connectivity index (χ1) is 24.2. The number of halogens is 1. The molecule has 9 N–H and O–H groups in total. The maximum atomic E-state index is 13.6. The molecule has 3 aromatic rings. The lowest BCUT2D eigenvalue weighted by Gasteiger charge is -2.25. The molecular weight excluding hydrogens is 641 g/mol. The average Bonchev–Trinajstić information content (AvgIpc) is 3.67. The van der Waals surface area contributed by atoms with Gasteiger partial charge in [-0.2, -0.15) is 5.21 Å². The number of aromatic nitrogens is 4. The van der Waals surface area contributed by atoms with Gasteiger partial charge < -0.3 is 32.5 Å². The molecule has 0 bridgehead atoms. The summed E-state index contributed by atoms with van der Waals surface area (Å²) in [7, 11) is 0. The van der Waals surface area contributed by atoms with Gasteiger partial charge in [0.05, 0.1) is 18.6 Å². The number of aliphatic hydroxyl groups excluding tert-OH is 1. The first kappa shape index (κ1) is 40.2. The molecule has 50 heavy (non-hydrogen) atoms. The molecule has 0 aliphatic carbocycles. The van der Waals surface area contributed by atoms with Gasteiger partial charge in [0.25, 0.3) is 0 Å². The summed E-state index contributed by atoms with van der Waals surface area (Å²) >= 11 is 0. The number of hydrogen-bond donors (Lipinski definition) is 7. The Bertz CT molecular complexity index is 1410. The average molecular weight is 696 g/mol. The van der Waals surface area contributed by atoms with E-state index in [4.69, 9.17) is 11.5 Å². The van der Waals surface area contributed by atoms with Crippen LogP contribution in [0.5, 0.6) is 0 Å². The van der Waals surface area contributed by atoms with Gasteiger partial charge in [0.1, 0.15) is 17.9 Å². The van der Waals surface area contributed by atoms with Gasteiger partial charge in [-0.25, -0.2) is 4.39 Å². The second kappa shape index (κ2) is 22.4. The summed E-state index contributed by atoms with van der Waals surface area (Å²) in [5, 5.41) is 32.2. The predicted molar refractivity (Wildman–Crippen MR) is 189 cm³/mol. The number of carbonyl (C=O) groups excluding carboxylic acids is 3. The minimum absolute atomic E-state index is 0.210. The number of tetrazole rings is 1. The quantitative estimate of drug-likeness (QED) is 0.0686. The van der Waals surface area contributed by atoms with E-state index >= 15 is 0 Å². The third kappa shape index (κ3) is 13.9. The molecule has 2 aromatic carbocycles. The molecule has 3 amide bonds. The maximum absolute atomic E-state index is 13.6. The van der Waals surface area contributed by atoms with E-state index < -0.39 is 54.2 Å². The number of H-pyrrole nitrogens is 1. The van der Waals surface area contributed by atoms with Crippen molar-refractivity contribution < 1.29 is 23.9 Å². The van der Waals surface area contributed by atoms with Crippen LogP contribution >= 0.6 is 0 Å². The maximum Gasteiger partial charge on any atom is 0.245 e. The van der Waals surface area contributed by atoms with Gasteiger partial charge in [-0.05, 0) is 87.4 Å². The molecule has 0 saturated heterocycles. The molecule has 0 spiro atoms. The normalized spacial score (nSPS) is 13.6. The van der Waals surface area contributed by atoms with Crippen LogP contribution in [0.4, 0.5) is 4.39 Å². The summed E-state index contributed by atoms with van der Waals surface area (Å²) in [5.41, 5.74) is 13.9. The van der Waals surface area contributed by atoms with Gasteiger partial charge in [0, 0.05) is 6.42 Å². The summed E-state index contributed by atoms with van der Waals surface area (Å²) in [6.07, 6.45) is 10.9. The van der Waals surface area contributed by atoms with E-state index in [0.717, 1.165) is 36.9 Å². The van der Waals surface area contributed by atoms with Gasteiger partial charge in [0.2, 0.25) is 17.7 Å². The van der Waals surface area contributed by atoms with Crippen LogP contribution in [0.15, 0.2) is 48.5 Å². The first-order valence-corrected chi connectivity index (χ1v) is 17.7. The lowest BCUT2D eigenvalue weighted by Crippen LogP contribution is -2.55. The van der Waals surface area contributed by atoms with Crippen LogP contribution in [-0.4, -0.2) is 75.2 Å². The van der Waals surface area contributed by atoms with Crippen molar-refractivity contribution in [2.24, 2.45) is 11.5 Å². The number of unbranched alkanes of at least 4 members (excludes halogenated alkanes) is 7. The highest BCUT2D eigenvalue weighted by atomic mass is 19.1. The number of rotatable bonds is 24. The molecule has 0 aliphatic heterocycles. The highest BCUT2D eigenvalue weighted by Crippen LogP contribution is 2.19. The summed E-state index contributed by atoms with van der Waals surface area (Å²) in [6, 6.07) is 10.7. The van der Waals surface area contributed by atoms with Gasteiger partial charge >= 0.3 is 0 Å². The molecule has 13 nitrogen and oxygen atoms in total. The van der Waals surface area contributed by atoms with Gasteiger partial charge in [-0.1, -0.05) is 73.7 Å². The fourth-order valence-corrected chi connectivity index (χ4v) is 5.66. The van der Waals surface area contributed by atoms with Gasteiger partial charge in [0.15, 0.2) is 5.82 Å². The van der Waals surface area contributed by atoms with Gasteiger partial charge in [-0.15, -0.1) is 10.2 Å². The zero-order chi connectivity index (χ0) is 36.1.